The fourth-order valence-corrected chi connectivity index (χ4v) is 3.19. The molecule has 0 radical (unpaired) electrons. The molecule has 0 aliphatic heterocycles. The van der Waals surface area contributed by atoms with Gasteiger partial charge in [0.1, 0.15) is 34.4 Å². The normalized spacial score (nSPS) is 10.2. The van der Waals surface area contributed by atoms with Crippen molar-refractivity contribution < 1.29 is 28.8 Å². The number of nitro benzene ring substituents is 2. The minimum Gasteiger partial charge on any atom is -0.497 e. The molecule has 3 aromatic carbocycles. The van der Waals surface area contributed by atoms with Crippen LogP contribution < -0.4 is 29.6 Å². The van der Waals surface area contributed by atoms with Crippen LogP contribution in [-0.4, -0.2) is 38.3 Å². The van der Waals surface area contributed by atoms with Gasteiger partial charge >= 0.3 is 0 Å². The first-order chi connectivity index (χ1) is 16.3. The van der Waals surface area contributed by atoms with Gasteiger partial charge in [-0.25, -0.2) is 0 Å². The molecule has 0 atom stereocenters. The molecule has 2 N–H and O–H groups in total. The molecular formula is C22H22N4O8. The summed E-state index contributed by atoms with van der Waals surface area (Å²) in [4.78, 5) is 22.1. The molecule has 34 heavy (non-hydrogen) atoms. The van der Waals surface area contributed by atoms with Gasteiger partial charge in [0, 0.05) is 12.1 Å². The van der Waals surface area contributed by atoms with E-state index in [1.807, 2.05) is 0 Å². The number of nitrogens with zero attached hydrogens (tertiary/aromatic N) is 2. The van der Waals surface area contributed by atoms with Crippen LogP contribution in [0.5, 0.6) is 23.0 Å². The third-order valence-corrected chi connectivity index (χ3v) is 4.86. The van der Waals surface area contributed by atoms with Crippen molar-refractivity contribution >= 4 is 34.1 Å². The number of nitro groups is 2. The topological polar surface area (TPSA) is 147 Å². The standard InChI is InChI=1S/C22H22N4O8/c1-31-13-5-7-21(33-3)17(9-13)23-15-11-16(20(26(29)30)12-19(15)25(27)28)24-18-10-14(32-2)6-8-22(18)34-4/h5-12,23-24H,1-4H3. The highest BCUT2D eigenvalue weighted by Crippen LogP contribution is 2.42. The minimum atomic E-state index is -0.710. The maximum absolute atomic E-state index is 11.7. The van der Waals surface area contributed by atoms with Crippen LogP contribution in [0.4, 0.5) is 34.1 Å². The minimum absolute atomic E-state index is 0.00786. The Kier molecular flexibility index (Phi) is 7.21. The smallest absolute Gasteiger partial charge is 0.299 e. The Morgan fingerprint density at radius 1 is 0.588 bits per heavy atom. The summed E-state index contributed by atoms with van der Waals surface area (Å²) in [6, 6.07) is 11.9. The molecule has 0 aliphatic carbocycles. The van der Waals surface area contributed by atoms with Gasteiger partial charge in [0.2, 0.25) is 0 Å². The second-order valence-corrected chi connectivity index (χ2v) is 6.78. The van der Waals surface area contributed by atoms with Crippen LogP contribution in [0.3, 0.4) is 0 Å². The Morgan fingerprint density at radius 2 is 1.00 bits per heavy atom. The largest absolute Gasteiger partial charge is 0.497 e. The van der Waals surface area contributed by atoms with Gasteiger partial charge in [0.05, 0.1) is 55.7 Å². The van der Waals surface area contributed by atoms with Crippen LogP contribution in [0.15, 0.2) is 48.5 Å². The molecule has 0 aliphatic rings. The first kappa shape index (κ1) is 23.9. The van der Waals surface area contributed by atoms with E-state index in [9.17, 15) is 20.2 Å². The molecule has 12 heteroatoms. The second kappa shape index (κ2) is 10.3. The predicted octanol–water partition coefficient (Wildman–Crippen LogP) is 5.02. The third-order valence-electron chi connectivity index (χ3n) is 4.86. The Labute approximate surface area is 194 Å². The van der Waals surface area contributed by atoms with Crippen molar-refractivity contribution in [1.82, 2.24) is 0 Å². The van der Waals surface area contributed by atoms with Crippen LogP contribution >= 0.6 is 0 Å². The number of nitrogens with one attached hydrogen (secondary N) is 2. The van der Waals surface area contributed by atoms with Crippen LogP contribution in [0.2, 0.25) is 0 Å². The summed E-state index contributed by atoms with van der Waals surface area (Å²) in [5.74, 6) is 1.73. The molecule has 0 unspecified atom stereocenters. The van der Waals surface area contributed by atoms with E-state index >= 15 is 0 Å². The van der Waals surface area contributed by atoms with Crippen molar-refractivity contribution in [2.45, 2.75) is 0 Å². The first-order valence-electron chi connectivity index (χ1n) is 9.76. The molecule has 0 fully saturated rings. The quantitative estimate of drug-likeness (QED) is 0.305. The highest BCUT2D eigenvalue weighted by molar-refractivity contribution is 5.84. The van der Waals surface area contributed by atoms with Gasteiger partial charge in [-0.2, -0.15) is 0 Å². The summed E-state index contributed by atoms with van der Waals surface area (Å²) in [5.41, 5.74) is -0.287. The molecule has 0 amide bonds. The van der Waals surface area contributed by atoms with Crippen molar-refractivity contribution in [2.75, 3.05) is 39.1 Å². The SMILES string of the molecule is COc1ccc(OC)c(Nc2cc(Nc3cc(OC)ccc3OC)c([N+](=O)[O-])cc2[N+](=O)[O-])c1. The van der Waals surface area contributed by atoms with Crippen LogP contribution in [-0.2, 0) is 0 Å². The van der Waals surface area contributed by atoms with Gasteiger partial charge in [0.25, 0.3) is 11.4 Å². The lowest BCUT2D eigenvalue weighted by molar-refractivity contribution is -0.393. The second-order valence-electron chi connectivity index (χ2n) is 6.78. The maximum atomic E-state index is 11.7. The molecule has 0 spiro atoms. The predicted molar refractivity (Wildman–Crippen MR) is 125 cm³/mol. The summed E-state index contributed by atoms with van der Waals surface area (Å²) in [5, 5.41) is 29.3. The molecule has 0 bridgehead atoms. The first-order valence-corrected chi connectivity index (χ1v) is 9.76. The molecule has 3 aromatic rings. The number of ether oxygens (including phenoxy) is 4. The fourth-order valence-electron chi connectivity index (χ4n) is 3.19. The summed E-state index contributed by atoms with van der Waals surface area (Å²) in [6.45, 7) is 0. The van der Waals surface area contributed by atoms with E-state index in [0.29, 0.717) is 34.4 Å². The number of methoxy groups -OCH3 is 4. The average Bonchev–Trinajstić information content (AvgIpc) is 2.83. The van der Waals surface area contributed by atoms with Gasteiger partial charge < -0.3 is 29.6 Å². The van der Waals surface area contributed by atoms with Gasteiger partial charge in [-0.15, -0.1) is 0 Å². The van der Waals surface area contributed by atoms with E-state index in [4.69, 9.17) is 18.9 Å². The molecular weight excluding hydrogens is 448 g/mol. The summed E-state index contributed by atoms with van der Waals surface area (Å²) in [6.07, 6.45) is 0. The zero-order valence-electron chi connectivity index (χ0n) is 18.8. The maximum Gasteiger partial charge on any atom is 0.299 e. The number of anilines is 4. The molecule has 3 rings (SSSR count). The Hall–Kier alpha value is -4.74. The van der Waals surface area contributed by atoms with Crippen LogP contribution in [0.25, 0.3) is 0 Å². The Balaban J connectivity index is 2.16. The third kappa shape index (κ3) is 5.01. The van der Waals surface area contributed by atoms with Crippen molar-refractivity contribution in [2.24, 2.45) is 0 Å². The molecule has 0 saturated carbocycles. The lowest BCUT2D eigenvalue weighted by Crippen LogP contribution is -2.04. The summed E-state index contributed by atoms with van der Waals surface area (Å²) < 4.78 is 21.1. The highest BCUT2D eigenvalue weighted by Gasteiger charge is 2.26. The van der Waals surface area contributed by atoms with Crippen molar-refractivity contribution in [3.63, 3.8) is 0 Å². The van der Waals surface area contributed by atoms with E-state index < -0.39 is 21.2 Å². The van der Waals surface area contributed by atoms with E-state index in [1.165, 1.54) is 34.5 Å². The van der Waals surface area contributed by atoms with E-state index in [1.54, 1.807) is 36.4 Å². The van der Waals surface area contributed by atoms with Crippen LogP contribution in [0, 0.1) is 20.2 Å². The number of benzene rings is 3. The number of rotatable bonds is 10. The lowest BCUT2D eigenvalue weighted by atomic mass is 10.1. The highest BCUT2D eigenvalue weighted by atomic mass is 16.6. The van der Waals surface area contributed by atoms with Crippen LogP contribution in [0.1, 0.15) is 0 Å². The zero-order chi connectivity index (χ0) is 24.8. The van der Waals surface area contributed by atoms with Crippen molar-refractivity contribution in [3.05, 3.63) is 68.8 Å². The molecule has 0 heterocycles. The number of hydrogen-bond acceptors (Lipinski definition) is 10. The summed E-state index contributed by atoms with van der Waals surface area (Å²) in [7, 11) is 5.84. The molecule has 12 nitrogen and oxygen atoms in total. The van der Waals surface area contributed by atoms with Crippen molar-refractivity contribution in [3.8, 4) is 23.0 Å². The van der Waals surface area contributed by atoms with Gasteiger partial charge in [0.15, 0.2) is 0 Å². The average molecular weight is 470 g/mol. The van der Waals surface area contributed by atoms with Gasteiger partial charge in [-0.1, -0.05) is 0 Å². The zero-order valence-corrected chi connectivity index (χ0v) is 18.8. The number of hydrogen-bond donors (Lipinski definition) is 2. The molecule has 0 saturated heterocycles. The van der Waals surface area contributed by atoms with Gasteiger partial charge in [-0.3, -0.25) is 20.2 Å². The molecule has 178 valence electrons. The van der Waals surface area contributed by atoms with Gasteiger partial charge in [-0.05, 0) is 30.3 Å². The Morgan fingerprint density at radius 3 is 1.32 bits per heavy atom. The molecule has 0 aromatic heterocycles. The lowest BCUT2D eigenvalue weighted by Gasteiger charge is -2.16. The van der Waals surface area contributed by atoms with E-state index in [0.717, 1.165) is 6.07 Å². The van der Waals surface area contributed by atoms with E-state index in [-0.39, 0.29) is 11.4 Å². The Bertz CT molecular complexity index is 1140. The summed E-state index contributed by atoms with van der Waals surface area (Å²) >= 11 is 0. The van der Waals surface area contributed by atoms with Crippen molar-refractivity contribution in [1.29, 1.82) is 0 Å². The monoisotopic (exact) mass is 470 g/mol. The fraction of sp³-hybridized carbons (Fsp3) is 0.182. The van der Waals surface area contributed by atoms with E-state index in [2.05, 4.69) is 10.6 Å².